The molecule has 0 amide bonds. The zero-order chi connectivity index (χ0) is 8.84. The van der Waals surface area contributed by atoms with Crippen molar-refractivity contribution in [1.29, 1.82) is 0 Å². The van der Waals surface area contributed by atoms with Crippen LogP contribution < -0.4 is 0 Å². The number of carbonyl (C=O) groups excluding carboxylic acids is 1. The van der Waals surface area contributed by atoms with E-state index in [-0.39, 0.29) is 0 Å². The molecule has 3 aliphatic rings. The third kappa shape index (κ3) is 1.02. The third-order valence-corrected chi connectivity index (χ3v) is 4.09. The Hall–Kier alpha value is -0.590. The normalized spacial score (nSPS) is 38.0. The van der Waals surface area contributed by atoms with Gasteiger partial charge in [-0.05, 0) is 44.9 Å². The lowest BCUT2D eigenvalue weighted by molar-refractivity contribution is -0.123. The first-order valence-electron chi connectivity index (χ1n) is 5.61. The van der Waals surface area contributed by atoms with Crippen molar-refractivity contribution in [3.63, 3.8) is 0 Å². The Bertz CT molecular complexity index is 287. The van der Waals surface area contributed by atoms with Crippen molar-refractivity contribution in [3.05, 3.63) is 11.1 Å². The van der Waals surface area contributed by atoms with Gasteiger partial charge in [0.2, 0.25) is 0 Å². The Morgan fingerprint density at radius 2 is 1.92 bits per heavy atom. The Kier molecular flexibility index (Phi) is 1.61. The smallest absolute Gasteiger partial charge is 0.143 e. The van der Waals surface area contributed by atoms with Crippen LogP contribution in [-0.2, 0) is 4.79 Å². The molecule has 1 saturated carbocycles. The maximum atomic E-state index is 11.8. The SMILES string of the molecule is O=C1C2CCC1C1=C(CCCC1)C2. The van der Waals surface area contributed by atoms with Crippen molar-refractivity contribution < 1.29 is 4.79 Å². The molecule has 0 spiro atoms. The number of carbonyl (C=O) groups is 1. The Balaban J connectivity index is 2.01. The molecule has 0 heterocycles. The van der Waals surface area contributed by atoms with Gasteiger partial charge >= 0.3 is 0 Å². The number of rotatable bonds is 0. The van der Waals surface area contributed by atoms with E-state index in [1.807, 2.05) is 0 Å². The van der Waals surface area contributed by atoms with E-state index >= 15 is 0 Å². The lowest BCUT2D eigenvalue weighted by Gasteiger charge is -2.29. The minimum absolute atomic E-state index is 0.383. The molecule has 1 heteroatoms. The van der Waals surface area contributed by atoms with Gasteiger partial charge in [-0.2, -0.15) is 0 Å². The molecule has 0 aromatic rings. The predicted molar refractivity (Wildman–Crippen MR) is 51.3 cm³/mol. The largest absolute Gasteiger partial charge is 0.299 e. The molecule has 3 aliphatic carbocycles. The first-order chi connectivity index (χ1) is 6.36. The predicted octanol–water partition coefficient (Wildman–Crippen LogP) is 2.86. The molecule has 2 unspecified atom stereocenters. The molecule has 2 atom stereocenters. The maximum Gasteiger partial charge on any atom is 0.143 e. The summed E-state index contributed by atoms with van der Waals surface area (Å²) in [4.78, 5) is 11.8. The summed E-state index contributed by atoms with van der Waals surface area (Å²) in [7, 11) is 0. The van der Waals surface area contributed by atoms with Crippen molar-refractivity contribution in [3.8, 4) is 0 Å². The molecule has 70 valence electrons. The zero-order valence-corrected chi connectivity index (χ0v) is 8.01. The van der Waals surface area contributed by atoms with Crippen LogP contribution in [-0.4, -0.2) is 5.78 Å². The van der Waals surface area contributed by atoms with Crippen LogP contribution in [0.1, 0.15) is 44.9 Å². The standard InChI is InChI=1S/C12H16O/c13-12-9-5-6-11(12)10-4-2-1-3-8(10)7-9/h9,11H,1-7H2. The van der Waals surface area contributed by atoms with Crippen molar-refractivity contribution in [2.45, 2.75) is 44.9 Å². The van der Waals surface area contributed by atoms with Crippen LogP contribution in [0.15, 0.2) is 11.1 Å². The Morgan fingerprint density at radius 3 is 2.85 bits per heavy atom. The molecule has 0 aliphatic heterocycles. The molecule has 0 N–H and O–H groups in total. The van der Waals surface area contributed by atoms with Gasteiger partial charge in [0.05, 0.1) is 0 Å². The van der Waals surface area contributed by atoms with Crippen molar-refractivity contribution >= 4 is 5.78 Å². The van der Waals surface area contributed by atoms with E-state index in [4.69, 9.17) is 0 Å². The van der Waals surface area contributed by atoms with Crippen LogP contribution in [0.4, 0.5) is 0 Å². The second-order valence-corrected chi connectivity index (χ2v) is 4.77. The molecular formula is C12H16O. The average Bonchev–Trinajstić information content (AvgIpc) is 2.43. The van der Waals surface area contributed by atoms with E-state index < -0.39 is 0 Å². The number of hydrogen-bond acceptors (Lipinski definition) is 1. The van der Waals surface area contributed by atoms with Gasteiger partial charge in [-0.1, -0.05) is 11.1 Å². The third-order valence-electron chi connectivity index (χ3n) is 4.09. The molecule has 3 rings (SSSR count). The van der Waals surface area contributed by atoms with Crippen molar-refractivity contribution in [2.24, 2.45) is 11.8 Å². The fraction of sp³-hybridized carbons (Fsp3) is 0.750. The van der Waals surface area contributed by atoms with E-state index in [0.29, 0.717) is 17.6 Å². The molecule has 0 saturated heterocycles. The van der Waals surface area contributed by atoms with Crippen molar-refractivity contribution in [2.75, 3.05) is 0 Å². The van der Waals surface area contributed by atoms with Gasteiger partial charge in [0.15, 0.2) is 0 Å². The van der Waals surface area contributed by atoms with E-state index in [9.17, 15) is 4.79 Å². The fourth-order valence-corrected chi connectivity index (χ4v) is 3.43. The van der Waals surface area contributed by atoms with E-state index in [1.165, 1.54) is 38.5 Å². The summed E-state index contributed by atoms with van der Waals surface area (Å²) in [5, 5.41) is 0. The minimum Gasteiger partial charge on any atom is -0.299 e. The van der Waals surface area contributed by atoms with Crippen LogP contribution >= 0.6 is 0 Å². The summed E-state index contributed by atoms with van der Waals surface area (Å²) in [5.41, 5.74) is 3.25. The van der Waals surface area contributed by atoms with E-state index in [2.05, 4.69) is 0 Å². The number of allylic oxidation sites excluding steroid dienone is 2. The molecule has 0 aromatic heterocycles. The molecule has 2 bridgehead atoms. The summed E-state index contributed by atoms with van der Waals surface area (Å²) in [6, 6.07) is 0. The van der Waals surface area contributed by atoms with Crippen LogP contribution in [0.25, 0.3) is 0 Å². The summed E-state index contributed by atoms with van der Waals surface area (Å²) in [5.74, 6) is 1.40. The maximum absolute atomic E-state index is 11.8. The molecule has 1 fully saturated rings. The van der Waals surface area contributed by atoms with Gasteiger partial charge in [0.25, 0.3) is 0 Å². The van der Waals surface area contributed by atoms with Gasteiger partial charge < -0.3 is 0 Å². The second kappa shape index (κ2) is 2.70. The monoisotopic (exact) mass is 176 g/mol. The van der Waals surface area contributed by atoms with Gasteiger partial charge in [0, 0.05) is 11.8 Å². The molecular weight excluding hydrogens is 160 g/mol. The highest BCUT2D eigenvalue weighted by Crippen LogP contribution is 2.47. The lowest BCUT2D eigenvalue weighted by Crippen LogP contribution is -2.24. The molecule has 13 heavy (non-hydrogen) atoms. The van der Waals surface area contributed by atoms with Crippen LogP contribution in [0.5, 0.6) is 0 Å². The Labute approximate surface area is 79.2 Å². The van der Waals surface area contributed by atoms with Crippen LogP contribution in [0.2, 0.25) is 0 Å². The second-order valence-electron chi connectivity index (χ2n) is 4.77. The number of ketones is 1. The first kappa shape index (κ1) is 7.78. The van der Waals surface area contributed by atoms with Gasteiger partial charge in [-0.3, -0.25) is 4.79 Å². The highest BCUT2D eigenvalue weighted by molar-refractivity contribution is 5.89. The van der Waals surface area contributed by atoms with Crippen LogP contribution in [0.3, 0.4) is 0 Å². The van der Waals surface area contributed by atoms with Crippen molar-refractivity contribution in [1.82, 2.24) is 0 Å². The van der Waals surface area contributed by atoms with E-state index in [0.717, 1.165) is 6.42 Å². The van der Waals surface area contributed by atoms with Gasteiger partial charge in [-0.15, -0.1) is 0 Å². The lowest BCUT2D eigenvalue weighted by atomic mass is 9.75. The number of fused-ring (bicyclic) bond motifs is 3. The molecule has 1 nitrogen and oxygen atoms in total. The highest BCUT2D eigenvalue weighted by atomic mass is 16.1. The molecule has 0 aromatic carbocycles. The van der Waals surface area contributed by atoms with Crippen LogP contribution in [0, 0.1) is 11.8 Å². The Morgan fingerprint density at radius 1 is 1.08 bits per heavy atom. The topological polar surface area (TPSA) is 17.1 Å². The quantitative estimate of drug-likeness (QED) is 0.519. The average molecular weight is 176 g/mol. The first-order valence-corrected chi connectivity index (χ1v) is 5.61. The minimum atomic E-state index is 0.383. The summed E-state index contributed by atoms with van der Waals surface area (Å²) < 4.78 is 0. The number of Topliss-reactive ketones (excluding diaryl/α,β-unsaturated/α-hetero) is 1. The zero-order valence-electron chi connectivity index (χ0n) is 8.01. The summed E-state index contributed by atoms with van der Waals surface area (Å²) in [6.45, 7) is 0. The van der Waals surface area contributed by atoms with Gasteiger partial charge in [0.1, 0.15) is 5.78 Å². The summed E-state index contributed by atoms with van der Waals surface area (Å²) in [6.07, 6.45) is 8.71. The molecule has 0 radical (unpaired) electrons. The van der Waals surface area contributed by atoms with E-state index in [1.54, 1.807) is 11.1 Å². The summed E-state index contributed by atoms with van der Waals surface area (Å²) >= 11 is 0. The number of hydrogen-bond donors (Lipinski definition) is 0. The highest BCUT2D eigenvalue weighted by Gasteiger charge is 2.41. The fourth-order valence-electron chi connectivity index (χ4n) is 3.43. The van der Waals surface area contributed by atoms with Gasteiger partial charge in [-0.25, -0.2) is 0 Å².